The standard InChI is InChI=1S/C51H32N4O/c1-4-14-33(15-5-1)36-20-12-22-39(30-36)49-52-50(40-23-13-21-37(31-40)34-16-6-2-7-17-34)54-51(53-49)55-45-25-11-10-24-41(45)42-27-28-43-44-32-38(35-18-8-3-9-19-35)26-29-46(44)56-48(43)47(42)55/h1-32H. The molecular weight excluding hydrogens is 685 g/mol. The molecule has 11 rings (SSSR count). The van der Waals surface area contributed by atoms with E-state index in [1.807, 2.05) is 18.2 Å². The van der Waals surface area contributed by atoms with Crippen molar-refractivity contribution >= 4 is 43.7 Å². The highest BCUT2D eigenvalue weighted by molar-refractivity contribution is 6.21. The van der Waals surface area contributed by atoms with Crippen LogP contribution in [-0.4, -0.2) is 19.5 Å². The lowest BCUT2D eigenvalue weighted by Crippen LogP contribution is -2.06. The van der Waals surface area contributed by atoms with E-state index in [0.717, 1.165) is 88.3 Å². The minimum absolute atomic E-state index is 0.518. The molecule has 262 valence electrons. The molecule has 11 aromatic rings. The molecule has 3 aromatic heterocycles. The molecule has 5 heteroatoms. The third kappa shape index (κ3) is 5.37. The normalized spacial score (nSPS) is 11.6. The van der Waals surface area contributed by atoms with Gasteiger partial charge in [0.15, 0.2) is 17.2 Å². The number of hydrogen-bond acceptors (Lipinski definition) is 4. The van der Waals surface area contributed by atoms with E-state index in [0.29, 0.717) is 17.6 Å². The van der Waals surface area contributed by atoms with Crippen molar-refractivity contribution in [1.82, 2.24) is 19.5 Å². The van der Waals surface area contributed by atoms with Gasteiger partial charge in [-0.15, -0.1) is 0 Å². The van der Waals surface area contributed by atoms with Gasteiger partial charge in [-0.2, -0.15) is 9.97 Å². The second kappa shape index (κ2) is 13.0. The van der Waals surface area contributed by atoms with Gasteiger partial charge in [-0.25, -0.2) is 4.98 Å². The number of furan rings is 1. The third-order valence-electron chi connectivity index (χ3n) is 10.7. The first kappa shape index (κ1) is 31.9. The van der Waals surface area contributed by atoms with Crippen LogP contribution in [0, 0.1) is 0 Å². The summed E-state index contributed by atoms with van der Waals surface area (Å²) in [5, 5.41) is 4.26. The molecule has 5 nitrogen and oxygen atoms in total. The summed E-state index contributed by atoms with van der Waals surface area (Å²) in [6.45, 7) is 0. The lowest BCUT2D eigenvalue weighted by atomic mass is 10.0. The molecule has 3 heterocycles. The average molecular weight is 717 g/mol. The molecule has 0 aliphatic rings. The zero-order chi connectivity index (χ0) is 37.0. The number of fused-ring (bicyclic) bond motifs is 7. The summed E-state index contributed by atoms with van der Waals surface area (Å²) in [6.07, 6.45) is 0. The molecule has 0 radical (unpaired) electrons. The number of benzene rings is 8. The Bertz CT molecular complexity index is 3140. The van der Waals surface area contributed by atoms with E-state index >= 15 is 0 Å². The summed E-state index contributed by atoms with van der Waals surface area (Å²) in [5.41, 5.74) is 12.1. The maximum Gasteiger partial charge on any atom is 0.238 e. The van der Waals surface area contributed by atoms with Crippen molar-refractivity contribution in [1.29, 1.82) is 0 Å². The van der Waals surface area contributed by atoms with Gasteiger partial charge in [-0.05, 0) is 69.8 Å². The smallest absolute Gasteiger partial charge is 0.238 e. The quantitative estimate of drug-likeness (QED) is 0.172. The monoisotopic (exact) mass is 716 g/mol. The van der Waals surface area contributed by atoms with Gasteiger partial charge >= 0.3 is 0 Å². The molecule has 0 aliphatic carbocycles. The van der Waals surface area contributed by atoms with E-state index in [4.69, 9.17) is 19.4 Å². The van der Waals surface area contributed by atoms with Crippen LogP contribution in [0.25, 0.3) is 106 Å². The van der Waals surface area contributed by atoms with Crippen LogP contribution in [0.3, 0.4) is 0 Å². The van der Waals surface area contributed by atoms with Crippen LogP contribution >= 0.6 is 0 Å². The Labute approximate surface area is 322 Å². The van der Waals surface area contributed by atoms with Gasteiger partial charge in [0.1, 0.15) is 11.1 Å². The number of hydrogen-bond donors (Lipinski definition) is 0. The Morgan fingerprint density at radius 2 is 0.839 bits per heavy atom. The second-order valence-electron chi connectivity index (χ2n) is 14.0. The fourth-order valence-electron chi connectivity index (χ4n) is 7.96. The number of nitrogens with zero attached hydrogens (tertiary/aromatic N) is 4. The van der Waals surface area contributed by atoms with E-state index in [-0.39, 0.29) is 0 Å². The minimum Gasteiger partial charge on any atom is -0.454 e. The fourth-order valence-corrected chi connectivity index (χ4v) is 7.96. The molecule has 0 amide bonds. The van der Waals surface area contributed by atoms with Crippen LogP contribution in [0.1, 0.15) is 0 Å². The fraction of sp³-hybridized carbons (Fsp3) is 0. The van der Waals surface area contributed by atoms with Gasteiger partial charge in [0.2, 0.25) is 5.95 Å². The van der Waals surface area contributed by atoms with Crippen molar-refractivity contribution in [2.24, 2.45) is 0 Å². The topological polar surface area (TPSA) is 56.7 Å². The van der Waals surface area contributed by atoms with Gasteiger partial charge in [0, 0.05) is 32.7 Å². The molecular formula is C51H32N4O. The summed E-state index contributed by atoms with van der Waals surface area (Å²) in [5.74, 6) is 1.69. The second-order valence-corrected chi connectivity index (χ2v) is 14.0. The molecule has 8 aromatic carbocycles. The predicted octanol–water partition coefficient (Wildman–Crippen LogP) is 13.2. The number of rotatable bonds is 6. The zero-order valence-corrected chi connectivity index (χ0v) is 30.2. The van der Waals surface area contributed by atoms with Crippen molar-refractivity contribution in [3.8, 4) is 62.1 Å². The van der Waals surface area contributed by atoms with Crippen LogP contribution < -0.4 is 0 Å². The Hall–Kier alpha value is -7.63. The van der Waals surface area contributed by atoms with Crippen LogP contribution in [0.5, 0.6) is 0 Å². The van der Waals surface area contributed by atoms with E-state index < -0.39 is 0 Å². The maximum atomic E-state index is 6.82. The van der Waals surface area contributed by atoms with Gasteiger partial charge < -0.3 is 4.42 Å². The Kier molecular flexibility index (Phi) is 7.42. The first-order chi connectivity index (χ1) is 27.7. The largest absolute Gasteiger partial charge is 0.454 e. The van der Waals surface area contributed by atoms with Crippen LogP contribution in [-0.2, 0) is 0 Å². The van der Waals surface area contributed by atoms with Crippen molar-refractivity contribution < 1.29 is 4.42 Å². The SMILES string of the molecule is c1ccc(-c2cccc(-c3nc(-c4cccc(-c5ccccc5)c4)nc(-n4c5ccccc5c5ccc6c7cc(-c8ccccc8)ccc7oc6c54)n3)c2)cc1. The number of para-hydroxylation sites is 1. The zero-order valence-electron chi connectivity index (χ0n) is 30.2. The van der Waals surface area contributed by atoms with Gasteiger partial charge in [-0.1, -0.05) is 158 Å². The maximum absolute atomic E-state index is 6.82. The first-order valence-corrected chi connectivity index (χ1v) is 18.8. The highest BCUT2D eigenvalue weighted by Crippen LogP contribution is 2.41. The van der Waals surface area contributed by atoms with Gasteiger partial charge in [0.25, 0.3) is 0 Å². The average Bonchev–Trinajstić information content (AvgIpc) is 3.83. The summed E-state index contributed by atoms with van der Waals surface area (Å²) in [4.78, 5) is 15.8. The molecule has 56 heavy (non-hydrogen) atoms. The molecule has 0 bridgehead atoms. The van der Waals surface area contributed by atoms with Crippen molar-refractivity contribution in [3.63, 3.8) is 0 Å². The van der Waals surface area contributed by atoms with Crippen molar-refractivity contribution in [2.45, 2.75) is 0 Å². The van der Waals surface area contributed by atoms with Crippen molar-refractivity contribution in [3.05, 3.63) is 194 Å². The highest BCUT2D eigenvalue weighted by atomic mass is 16.3. The van der Waals surface area contributed by atoms with Crippen molar-refractivity contribution in [2.75, 3.05) is 0 Å². The molecule has 0 saturated carbocycles. The highest BCUT2D eigenvalue weighted by Gasteiger charge is 2.22. The van der Waals surface area contributed by atoms with Crippen LogP contribution in [0.15, 0.2) is 199 Å². The van der Waals surface area contributed by atoms with E-state index in [9.17, 15) is 0 Å². The predicted molar refractivity (Wildman–Crippen MR) is 229 cm³/mol. The van der Waals surface area contributed by atoms with Crippen LogP contribution in [0.4, 0.5) is 0 Å². The Balaban J connectivity index is 1.18. The van der Waals surface area contributed by atoms with E-state index in [2.05, 4.69) is 180 Å². The molecule has 0 N–H and O–H groups in total. The van der Waals surface area contributed by atoms with E-state index in [1.165, 1.54) is 0 Å². The van der Waals surface area contributed by atoms with Gasteiger partial charge in [0.05, 0.1) is 5.52 Å². The molecule has 0 spiro atoms. The Morgan fingerprint density at radius 3 is 1.45 bits per heavy atom. The minimum atomic E-state index is 0.518. The first-order valence-electron chi connectivity index (χ1n) is 18.8. The number of aromatic nitrogens is 4. The molecule has 0 aliphatic heterocycles. The summed E-state index contributed by atoms with van der Waals surface area (Å²) >= 11 is 0. The summed E-state index contributed by atoms with van der Waals surface area (Å²) in [6, 6.07) is 67.4. The molecule has 0 saturated heterocycles. The van der Waals surface area contributed by atoms with E-state index in [1.54, 1.807) is 0 Å². The summed E-state index contributed by atoms with van der Waals surface area (Å²) < 4.78 is 8.97. The summed E-state index contributed by atoms with van der Waals surface area (Å²) in [7, 11) is 0. The molecule has 0 unspecified atom stereocenters. The molecule has 0 atom stereocenters. The third-order valence-corrected chi connectivity index (χ3v) is 10.7. The lowest BCUT2D eigenvalue weighted by Gasteiger charge is -2.12. The Morgan fingerprint density at radius 1 is 0.339 bits per heavy atom. The lowest BCUT2D eigenvalue weighted by molar-refractivity contribution is 0.670. The van der Waals surface area contributed by atoms with Gasteiger partial charge in [-0.3, -0.25) is 4.57 Å². The van der Waals surface area contributed by atoms with Crippen LogP contribution in [0.2, 0.25) is 0 Å². The molecule has 0 fully saturated rings.